The maximum Gasteiger partial charge on any atom is 0.272 e. The number of benzene rings is 1. The predicted octanol–water partition coefficient (Wildman–Crippen LogP) is 2.66. The maximum atomic E-state index is 11.8. The Hall–Kier alpha value is -2.50. The van der Waals surface area contributed by atoms with E-state index in [0.717, 1.165) is 17.5 Å². The fourth-order valence-corrected chi connectivity index (χ4v) is 2.47. The lowest BCUT2D eigenvalue weighted by atomic mass is 10.0. The van der Waals surface area contributed by atoms with Crippen molar-refractivity contribution in [1.82, 2.24) is 20.3 Å². The van der Waals surface area contributed by atoms with Crippen molar-refractivity contribution in [3.05, 3.63) is 52.0 Å². The van der Waals surface area contributed by atoms with Crippen molar-refractivity contribution in [3.63, 3.8) is 0 Å². The third-order valence-corrected chi connectivity index (χ3v) is 3.58. The van der Waals surface area contributed by atoms with Crippen molar-refractivity contribution in [2.24, 2.45) is 5.92 Å². The van der Waals surface area contributed by atoms with E-state index < -0.39 is 0 Å². The van der Waals surface area contributed by atoms with E-state index in [1.165, 1.54) is 0 Å². The normalized spacial score (nSPS) is 12.9. The average molecular weight is 298 g/mol. The minimum atomic E-state index is -0.197. The number of hydrogen-bond donors (Lipinski definition) is 1. The lowest BCUT2D eigenvalue weighted by molar-refractivity contribution is 0.362. The van der Waals surface area contributed by atoms with Crippen LogP contribution in [0.4, 0.5) is 0 Å². The summed E-state index contributed by atoms with van der Waals surface area (Å²) in [7, 11) is 0. The van der Waals surface area contributed by atoms with E-state index in [2.05, 4.69) is 34.2 Å². The number of aromatic amines is 1. The molecule has 2 heterocycles. The third kappa shape index (κ3) is 2.64. The number of nitrogens with zero attached hydrogens (tertiary/aromatic N) is 3. The van der Waals surface area contributed by atoms with Crippen LogP contribution in [0.2, 0.25) is 0 Å². The SMILES string of the molecule is CC(C)Cc1noc([C@@H](C)c2n[nH]c(=O)c3ccccc23)n1. The molecule has 0 bridgehead atoms. The highest BCUT2D eigenvalue weighted by atomic mass is 16.5. The summed E-state index contributed by atoms with van der Waals surface area (Å²) in [4.78, 5) is 16.3. The Labute approximate surface area is 127 Å². The molecule has 0 saturated carbocycles. The zero-order chi connectivity index (χ0) is 15.7. The second-order valence-corrected chi connectivity index (χ2v) is 5.85. The van der Waals surface area contributed by atoms with Gasteiger partial charge in [0.15, 0.2) is 5.82 Å². The van der Waals surface area contributed by atoms with Gasteiger partial charge in [-0.25, -0.2) is 5.10 Å². The molecule has 114 valence electrons. The van der Waals surface area contributed by atoms with Crippen LogP contribution in [0, 0.1) is 5.92 Å². The minimum Gasteiger partial charge on any atom is -0.339 e. The molecule has 1 aromatic carbocycles. The van der Waals surface area contributed by atoms with Gasteiger partial charge >= 0.3 is 0 Å². The standard InChI is InChI=1S/C16H18N4O2/c1-9(2)8-13-17-16(22-20-13)10(3)14-11-6-4-5-7-12(11)15(21)19-18-14/h4-7,9-10H,8H2,1-3H3,(H,19,21)/t10-/m0/s1. The van der Waals surface area contributed by atoms with Crippen LogP contribution in [0.3, 0.4) is 0 Å². The molecular formula is C16H18N4O2. The largest absolute Gasteiger partial charge is 0.339 e. The van der Waals surface area contributed by atoms with Crippen molar-refractivity contribution < 1.29 is 4.52 Å². The van der Waals surface area contributed by atoms with Crippen LogP contribution in [0.1, 0.15) is 44.1 Å². The van der Waals surface area contributed by atoms with E-state index in [1.807, 2.05) is 25.1 Å². The van der Waals surface area contributed by atoms with Crippen molar-refractivity contribution in [2.45, 2.75) is 33.1 Å². The number of aromatic nitrogens is 4. The monoisotopic (exact) mass is 298 g/mol. The molecule has 0 saturated heterocycles. The quantitative estimate of drug-likeness (QED) is 0.800. The molecule has 2 aromatic heterocycles. The van der Waals surface area contributed by atoms with E-state index in [0.29, 0.717) is 23.0 Å². The molecule has 0 spiro atoms. The van der Waals surface area contributed by atoms with Crippen molar-refractivity contribution in [2.75, 3.05) is 0 Å². The molecule has 0 aliphatic heterocycles. The second kappa shape index (κ2) is 5.71. The van der Waals surface area contributed by atoms with Gasteiger partial charge < -0.3 is 4.52 Å². The summed E-state index contributed by atoms with van der Waals surface area (Å²) in [5.74, 6) is 1.49. The maximum absolute atomic E-state index is 11.8. The van der Waals surface area contributed by atoms with Crippen LogP contribution in [-0.2, 0) is 6.42 Å². The summed E-state index contributed by atoms with van der Waals surface area (Å²) in [5.41, 5.74) is 0.535. The molecule has 6 nitrogen and oxygen atoms in total. The summed E-state index contributed by atoms with van der Waals surface area (Å²) < 4.78 is 5.37. The fraction of sp³-hybridized carbons (Fsp3) is 0.375. The van der Waals surface area contributed by atoms with Gasteiger partial charge in [-0.15, -0.1) is 0 Å². The van der Waals surface area contributed by atoms with Gasteiger partial charge in [0.2, 0.25) is 5.89 Å². The molecule has 1 N–H and O–H groups in total. The van der Waals surface area contributed by atoms with Crippen LogP contribution < -0.4 is 5.56 Å². The number of nitrogens with one attached hydrogen (secondary N) is 1. The summed E-state index contributed by atoms with van der Waals surface area (Å²) in [6.07, 6.45) is 0.774. The molecule has 0 aliphatic rings. The van der Waals surface area contributed by atoms with Gasteiger partial charge in [-0.2, -0.15) is 10.1 Å². The first-order valence-corrected chi connectivity index (χ1v) is 7.36. The molecule has 3 aromatic rings. The van der Waals surface area contributed by atoms with Gasteiger partial charge in [-0.3, -0.25) is 4.79 Å². The Morgan fingerprint density at radius 1 is 1.18 bits per heavy atom. The predicted molar refractivity (Wildman–Crippen MR) is 82.7 cm³/mol. The van der Waals surface area contributed by atoms with E-state index in [-0.39, 0.29) is 11.5 Å². The van der Waals surface area contributed by atoms with Gasteiger partial charge in [0, 0.05) is 11.8 Å². The van der Waals surface area contributed by atoms with E-state index >= 15 is 0 Å². The Bertz CT molecular complexity index is 850. The summed E-state index contributed by atoms with van der Waals surface area (Å²) >= 11 is 0. The van der Waals surface area contributed by atoms with E-state index in [4.69, 9.17) is 4.52 Å². The first-order valence-electron chi connectivity index (χ1n) is 7.36. The number of hydrogen-bond acceptors (Lipinski definition) is 5. The molecule has 0 aliphatic carbocycles. The first kappa shape index (κ1) is 14.4. The molecule has 22 heavy (non-hydrogen) atoms. The number of fused-ring (bicyclic) bond motifs is 1. The molecule has 6 heteroatoms. The van der Waals surface area contributed by atoms with Gasteiger partial charge in [-0.1, -0.05) is 37.2 Å². The summed E-state index contributed by atoms with van der Waals surface area (Å²) in [5, 5.41) is 12.2. The number of rotatable bonds is 4. The van der Waals surface area contributed by atoms with Gasteiger partial charge in [0.05, 0.1) is 17.0 Å². The molecule has 0 amide bonds. The van der Waals surface area contributed by atoms with Crippen LogP contribution in [0.15, 0.2) is 33.6 Å². The minimum absolute atomic E-state index is 0.185. The fourth-order valence-electron chi connectivity index (χ4n) is 2.47. The smallest absolute Gasteiger partial charge is 0.272 e. The molecule has 3 rings (SSSR count). The van der Waals surface area contributed by atoms with Crippen LogP contribution in [0.25, 0.3) is 10.8 Å². The average Bonchev–Trinajstić information content (AvgIpc) is 2.95. The highest BCUT2D eigenvalue weighted by Gasteiger charge is 2.21. The Morgan fingerprint density at radius 2 is 1.91 bits per heavy atom. The third-order valence-electron chi connectivity index (χ3n) is 3.58. The molecule has 1 atom stereocenters. The van der Waals surface area contributed by atoms with Crippen LogP contribution >= 0.6 is 0 Å². The molecule has 0 radical (unpaired) electrons. The van der Waals surface area contributed by atoms with Crippen LogP contribution in [-0.4, -0.2) is 20.3 Å². The highest BCUT2D eigenvalue weighted by Crippen LogP contribution is 2.26. The summed E-state index contributed by atoms with van der Waals surface area (Å²) in [6, 6.07) is 7.38. The number of H-pyrrole nitrogens is 1. The Kier molecular flexibility index (Phi) is 3.75. The molecule has 0 fully saturated rings. The van der Waals surface area contributed by atoms with Crippen molar-refractivity contribution in [3.8, 4) is 0 Å². The van der Waals surface area contributed by atoms with Gasteiger partial charge in [0.1, 0.15) is 0 Å². The zero-order valence-electron chi connectivity index (χ0n) is 12.8. The van der Waals surface area contributed by atoms with Crippen molar-refractivity contribution >= 4 is 10.8 Å². The lowest BCUT2D eigenvalue weighted by Gasteiger charge is -2.08. The highest BCUT2D eigenvalue weighted by molar-refractivity contribution is 5.84. The zero-order valence-corrected chi connectivity index (χ0v) is 12.8. The lowest BCUT2D eigenvalue weighted by Crippen LogP contribution is -2.13. The van der Waals surface area contributed by atoms with E-state index in [9.17, 15) is 4.79 Å². The summed E-state index contributed by atoms with van der Waals surface area (Å²) in [6.45, 7) is 6.16. The van der Waals surface area contributed by atoms with Crippen LogP contribution in [0.5, 0.6) is 0 Å². The topological polar surface area (TPSA) is 84.7 Å². The van der Waals surface area contributed by atoms with Crippen molar-refractivity contribution in [1.29, 1.82) is 0 Å². The van der Waals surface area contributed by atoms with Gasteiger partial charge in [0.25, 0.3) is 5.56 Å². The first-order chi connectivity index (χ1) is 10.6. The second-order valence-electron chi connectivity index (χ2n) is 5.85. The Morgan fingerprint density at radius 3 is 2.64 bits per heavy atom. The Balaban J connectivity index is 2.02. The van der Waals surface area contributed by atoms with E-state index in [1.54, 1.807) is 6.07 Å². The molecular weight excluding hydrogens is 280 g/mol. The molecule has 0 unspecified atom stereocenters. The van der Waals surface area contributed by atoms with Gasteiger partial charge in [-0.05, 0) is 18.9 Å².